The summed E-state index contributed by atoms with van der Waals surface area (Å²) in [5.74, 6) is 0.978. The Kier molecular flexibility index (Phi) is 5.99. The molecule has 0 atom stereocenters. The number of amides is 1. The highest BCUT2D eigenvalue weighted by Gasteiger charge is 2.21. The Hall–Kier alpha value is -2.54. The summed E-state index contributed by atoms with van der Waals surface area (Å²) >= 11 is 1.31. The average molecular weight is 425 g/mol. The SMILES string of the molecule is Cc1ccc(-n2c(SCC(=O)NC3CCC(C)CC3)nc3cc(C)[nH]c3c2=O)cc1. The van der Waals surface area contributed by atoms with Crippen LogP contribution in [-0.4, -0.2) is 32.2 Å². The maximum absolute atomic E-state index is 13.2. The van der Waals surface area contributed by atoms with E-state index in [0.29, 0.717) is 16.2 Å². The number of aromatic nitrogens is 3. The van der Waals surface area contributed by atoms with Crippen LogP contribution in [0.3, 0.4) is 0 Å². The molecule has 1 amide bonds. The average Bonchev–Trinajstić information content (AvgIpc) is 3.10. The molecule has 158 valence electrons. The number of hydrogen-bond donors (Lipinski definition) is 2. The van der Waals surface area contributed by atoms with Crippen molar-refractivity contribution in [1.29, 1.82) is 0 Å². The van der Waals surface area contributed by atoms with Crippen molar-refractivity contribution in [2.45, 2.75) is 57.7 Å². The largest absolute Gasteiger partial charge is 0.353 e. The van der Waals surface area contributed by atoms with Crippen molar-refractivity contribution in [2.75, 3.05) is 5.75 Å². The van der Waals surface area contributed by atoms with Crippen LogP contribution in [0.4, 0.5) is 0 Å². The monoisotopic (exact) mass is 424 g/mol. The third-order valence-electron chi connectivity index (χ3n) is 5.76. The molecule has 0 spiro atoms. The van der Waals surface area contributed by atoms with E-state index in [4.69, 9.17) is 4.98 Å². The molecular formula is C23H28N4O2S. The van der Waals surface area contributed by atoms with Crippen LogP contribution in [0.2, 0.25) is 0 Å². The van der Waals surface area contributed by atoms with Gasteiger partial charge < -0.3 is 10.3 Å². The number of hydrogen-bond acceptors (Lipinski definition) is 4. The highest BCUT2D eigenvalue weighted by molar-refractivity contribution is 7.99. The van der Waals surface area contributed by atoms with Gasteiger partial charge in [-0.05, 0) is 63.6 Å². The number of nitrogens with zero attached hydrogens (tertiary/aromatic N) is 2. The van der Waals surface area contributed by atoms with Gasteiger partial charge in [-0.1, -0.05) is 36.4 Å². The third-order valence-corrected chi connectivity index (χ3v) is 6.70. The molecule has 1 saturated carbocycles. The standard InChI is InChI=1S/C23H28N4O2S/c1-14-4-8-17(9-5-14)25-20(28)13-30-23-26-19-12-16(3)24-21(19)22(29)27(23)18-10-6-15(2)7-11-18/h6-7,10-12,14,17,24H,4-5,8-9,13H2,1-3H3,(H,25,28). The molecule has 0 bridgehead atoms. The molecule has 2 heterocycles. The predicted molar refractivity (Wildman–Crippen MR) is 121 cm³/mol. The van der Waals surface area contributed by atoms with Gasteiger partial charge in [0.2, 0.25) is 5.91 Å². The van der Waals surface area contributed by atoms with Gasteiger partial charge in [-0.25, -0.2) is 4.98 Å². The van der Waals surface area contributed by atoms with Gasteiger partial charge in [0.05, 0.1) is 17.0 Å². The third kappa shape index (κ3) is 4.46. The van der Waals surface area contributed by atoms with Crippen LogP contribution in [-0.2, 0) is 4.79 Å². The van der Waals surface area contributed by atoms with E-state index in [1.807, 2.05) is 44.2 Å². The predicted octanol–water partition coefficient (Wildman–Crippen LogP) is 4.12. The number of aryl methyl sites for hydroxylation is 2. The molecule has 3 aromatic rings. The smallest absolute Gasteiger partial charge is 0.283 e. The van der Waals surface area contributed by atoms with E-state index in [1.54, 1.807) is 4.57 Å². The zero-order valence-corrected chi connectivity index (χ0v) is 18.5. The Morgan fingerprint density at radius 2 is 1.90 bits per heavy atom. The van der Waals surface area contributed by atoms with E-state index in [-0.39, 0.29) is 23.3 Å². The summed E-state index contributed by atoms with van der Waals surface area (Å²) in [6.07, 6.45) is 4.41. The van der Waals surface area contributed by atoms with Gasteiger partial charge in [-0.2, -0.15) is 0 Å². The second-order valence-corrected chi connectivity index (χ2v) is 9.34. The highest BCUT2D eigenvalue weighted by atomic mass is 32.2. The zero-order valence-electron chi connectivity index (χ0n) is 17.7. The van der Waals surface area contributed by atoms with Crippen molar-refractivity contribution in [3.05, 3.63) is 51.9 Å². The molecule has 4 rings (SSSR count). The van der Waals surface area contributed by atoms with E-state index in [0.717, 1.165) is 48.5 Å². The van der Waals surface area contributed by atoms with Gasteiger partial charge in [-0.15, -0.1) is 0 Å². The highest BCUT2D eigenvalue weighted by Crippen LogP contribution is 2.25. The minimum atomic E-state index is -0.152. The molecule has 2 N–H and O–H groups in total. The Morgan fingerprint density at radius 3 is 2.60 bits per heavy atom. The van der Waals surface area contributed by atoms with E-state index in [2.05, 4.69) is 17.2 Å². The van der Waals surface area contributed by atoms with Gasteiger partial charge in [0.1, 0.15) is 5.52 Å². The van der Waals surface area contributed by atoms with Crippen molar-refractivity contribution >= 4 is 28.7 Å². The minimum absolute atomic E-state index is 0.00500. The lowest BCUT2D eigenvalue weighted by Gasteiger charge is -2.26. The molecule has 30 heavy (non-hydrogen) atoms. The lowest BCUT2D eigenvalue weighted by Crippen LogP contribution is -2.38. The molecular weight excluding hydrogens is 396 g/mol. The van der Waals surface area contributed by atoms with Crippen LogP contribution in [0.1, 0.15) is 43.9 Å². The van der Waals surface area contributed by atoms with Crippen molar-refractivity contribution in [1.82, 2.24) is 19.9 Å². The summed E-state index contributed by atoms with van der Waals surface area (Å²) in [4.78, 5) is 33.6. The topological polar surface area (TPSA) is 79.8 Å². The van der Waals surface area contributed by atoms with Crippen LogP contribution in [0.15, 0.2) is 40.3 Å². The maximum Gasteiger partial charge on any atom is 0.283 e. The normalized spacial score (nSPS) is 19.2. The fraction of sp³-hybridized carbons (Fsp3) is 0.435. The molecule has 0 aliphatic heterocycles. The number of carbonyl (C=O) groups excluding carboxylic acids is 1. The van der Waals surface area contributed by atoms with Crippen LogP contribution >= 0.6 is 11.8 Å². The van der Waals surface area contributed by atoms with Crippen molar-refractivity contribution in [3.8, 4) is 5.69 Å². The van der Waals surface area contributed by atoms with E-state index >= 15 is 0 Å². The van der Waals surface area contributed by atoms with Gasteiger partial charge in [0.15, 0.2) is 5.16 Å². The molecule has 0 unspecified atom stereocenters. The number of carbonyl (C=O) groups is 1. The van der Waals surface area contributed by atoms with Gasteiger partial charge in [0.25, 0.3) is 5.56 Å². The van der Waals surface area contributed by atoms with Crippen molar-refractivity contribution in [3.63, 3.8) is 0 Å². The summed E-state index contributed by atoms with van der Waals surface area (Å²) in [6, 6.07) is 9.88. The lowest BCUT2D eigenvalue weighted by atomic mass is 9.87. The fourth-order valence-corrected chi connectivity index (χ4v) is 4.82. The minimum Gasteiger partial charge on any atom is -0.353 e. The number of rotatable bonds is 5. The van der Waals surface area contributed by atoms with Crippen LogP contribution in [0, 0.1) is 19.8 Å². The quantitative estimate of drug-likeness (QED) is 0.477. The molecule has 7 heteroatoms. The van der Waals surface area contributed by atoms with E-state index in [9.17, 15) is 9.59 Å². The summed E-state index contributed by atoms with van der Waals surface area (Å²) in [5.41, 5.74) is 3.71. The van der Waals surface area contributed by atoms with E-state index < -0.39 is 0 Å². The van der Waals surface area contributed by atoms with Crippen molar-refractivity contribution in [2.24, 2.45) is 5.92 Å². The first-order valence-corrected chi connectivity index (χ1v) is 11.5. The molecule has 0 radical (unpaired) electrons. The number of nitrogens with one attached hydrogen (secondary N) is 2. The fourth-order valence-electron chi connectivity index (χ4n) is 4.00. The maximum atomic E-state index is 13.2. The summed E-state index contributed by atoms with van der Waals surface area (Å²) < 4.78 is 1.60. The molecule has 1 aliphatic rings. The first-order valence-electron chi connectivity index (χ1n) is 10.5. The van der Waals surface area contributed by atoms with Gasteiger partial charge >= 0.3 is 0 Å². The van der Waals surface area contributed by atoms with Crippen LogP contribution in [0.25, 0.3) is 16.7 Å². The Morgan fingerprint density at radius 1 is 1.20 bits per heavy atom. The number of benzene rings is 1. The molecule has 1 aromatic carbocycles. The Bertz CT molecular complexity index is 1110. The summed E-state index contributed by atoms with van der Waals surface area (Å²) in [7, 11) is 0. The summed E-state index contributed by atoms with van der Waals surface area (Å²) in [5, 5.41) is 3.68. The van der Waals surface area contributed by atoms with Gasteiger partial charge in [0, 0.05) is 11.7 Å². The van der Waals surface area contributed by atoms with Crippen molar-refractivity contribution < 1.29 is 4.79 Å². The van der Waals surface area contributed by atoms with Crippen LogP contribution in [0.5, 0.6) is 0 Å². The lowest BCUT2D eigenvalue weighted by molar-refractivity contribution is -0.119. The van der Waals surface area contributed by atoms with Crippen LogP contribution < -0.4 is 10.9 Å². The molecule has 0 saturated heterocycles. The molecule has 6 nitrogen and oxygen atoms in total. The first-order chi connectivity index (χ1) is 14.4. The number of aromatic amines is 1. The summed E-state index contributed by atoms with van der Waals surface area (Å²) in [6.45, 7) is 6.18. The Balaban J connectivity index is 1.59. The second kappa shape index (κ2) is 8.68. The molecule has 1 fully saturated rings. The van der Waals surface area contributed by atoms with Gasteiger partial charge in [-0.3, -0.25) is 14.2 Å². The number of thioether (sulfide) groups is 1. The molecule has 1 aliphatic carbocycles. The number of H-pyrrole nitrogens is 1. The Labute approximate surface area is 180 Å². The second-order valence-electron chi connectivity index (χ2n) is 8.40. The molecule has 2 aromatic heterocycles. The zero-order chi connectivity index (χ0) is 21.3. The number of fused-ring (bicyclic) bond motifs is 1. The first kappa shape index (κ1) is 20.7. The van der Waals surface area contributed by atoms with E-state index in [1.165, 1.54) is 11.8 Å².